The van der Waals surface area contributed by atoms with Crippen molar-refractivity contribution in [1.82, 2.24) is 5.32 Å². The number of ketones is 1. The molecule has 0 bridgehead atoms. The van der Waals surface area contributed by atoms with E-state index in [1.54, 1.807) is 31.3 Å². The summed E-state index contributed by atoms with van der Waals surface area (Å²) >= 11 is 7.42. The number of hydrogen-bond donors (Lipinski definition) is 1. The fourth-order valence-electron chi connectivity index (χ4n) is 2.46. The van der Waals surface area contributed by atoms with E-state index in [-0.39, 0.29) is 11.6 Å². The van der Waals surface area contributed by atoms with E-state index < -0.39 is 5.25 Å². The summed E-state index contributed by atoms with van der Waals surface area (Å²) in [5.74, 6) is -0.379. The third kappa shape index (κ3) is 2.76. The standard InChI is InChI=1S/C17H13ClFNOS/c1-20-17-14(10-4-2-6-12(18)8-10)15(21)16(22-17)11-5-3-7-13(19)9-11/h2-9,16,20H,1H3. The first-order valence-corrected chi connectivity index (χ1v) is 8.00. The molecule has 0 amide bonds. The van der Waals surface area contributed by atoms with E-state index >= 15 is 0 Å². The topological polar surface area (TPSA) is 29.1 Å². The van der Waals surface area contributed by atoms with E-state index in [0.29, 0.717) is 16.2 Å². The molecule has 0 spiro atoms. The van der Waals surface area contributed by atoms with E-state index in [4.69, 9.17) is 11.6 Å². The first kappa shape index (κ1) is 15.1. The molecule has 0 fully saturated rings. The molecule has 1 aliphatic rings. The Morgan fingerprint density at radius 3 is 2.64 bits per heavy atom. The van der Waals surface area contributed by atoms with Crippen LogP contribution in [0, 0.1) is 5.82 Å². The maximum atomic E-state index is 13.4. The number of benzene rings is 2. The summed E-state index contributed by atoms with van der Waals surface area (Å²) in [5, 5.41) is 3.98. The normalized spacial score (nSPS) is 18.0. The van der Waals surface area contributed by atoms with Gasteiger partial charge in [0, 0.05) is 12.1 Å². The number of Topliss-reactive ketones (excluding diaryl/α,β-unsaturated/α-hetero) is 1. The fourth-order valence-corrected chi connectivity index (χ4v) is 3.85. The van der Waals surface area contributed by atoms with Crippen LogP contribution in [0.2, 0.25) is 5.02 Å². The Kier molecular flexibility index (Phi) is 4.23. The first-order chi connectivity index (χ1) is 10.6. The highest BCUT2D eigenvalue weighted by Crippen LogP contribution is 2.47. The predicted octanol–water partition coefficient (Wildman–Crippen LogP) is 4.42. The number of rotatable bonds is 3. The molecule has 1 heterocycles. The van der Waals surface area contributed by atoms with Crippen molar-refractivity contribution in [3.8, 4) is 0 Å². The smallest absolute Gasteiger partial charge is 0.183 e. The van der Waals surface area contributed by atoms with E-state index in [2.05, 4.69) is 5.32 Å². The summed E-state index contributed by atoms with van der Waals surface area (Å²) in [6.45, 7) is 0. The van der Waals surface area contributed by atoms with Crippen molar-refractivity contribution in [3.05, 3.63) is 75.5 Å². The molecule has 5 heteroatoms. The van der Waals surface area contributed by atoms with Crippen molar-refractivity contribution < 1.29 is 9.18 Å². The number of halogens is 2. The second-order valence-corrected chi connectivity index (χ2v) is 6.43. The number of carbonyl (C=O) groups excluding carboxylic acids is 1. The van der Waals surface area contributed by atoms with Gasteiger partial charge in [0.1, 0.15) is 5.82 Å². The summed E-state index contributed by atoms with van der Waals surface area (Å²) in [6.07, 6.45) is 0. The SMILES string of the molecule is CNC1=C(c2cccc(Cl)c2)C(=O)C(c2cccc(F)c2)S1. The van der Waals surface area contributed by atoms with Crippen LogP contribution in [0.1, 0.15) is 16.4 Å². The van der Waals surface area contributed by atoms with Crippen LogP contribution in [0.4, 0.5) is 4.39 Å². The molecule has 2 nitrogen and oxygen atoms in total. The average molecular weight is 334 g/mol. The van der Waals surface area contributed by atoms with Crippen LogP contribution in [0.15, 0.2) is 53.6 Å². The Balaban J connectivity index is 2.01. The Labute approximate surface area is 137 Å². The van der Waals surface area contributed by atoms with Crippen molar-refractivity contribution in [2.24, 2.45) is 0 Å². The molecule has 22 heavy (non-hydrogen) atoms. The third-order valence-corrected chi connectivity index (χ3v) is 5.04. The molecule has 1 aliphatic heterocycles. The van der Waals surface area contributed by atoms with Crippen LogP contribution in [0.3, 0.4) is 0 Å². The number of hydrogen-bond acceptors (Lipinski definition) is 3. The molecule has 1 atom stereocenters. The molecule has 1 unspecified atom stereocenters. The van der Waals surface area contributed by atoms with Crippen molar-refractivity contribution >= 4 is 34.7 Å². The molecule has 2 aromatic carbocycles. The number of carbonyl (C=O) groups is 1. The minimum Gasteiger partial charge on any atom is -0.382 e. The van der Waals surface area contributed by atoms with Gasteiger partial charge in [0.15, 0.2) is 5.78 Å². The van der Waals surface area contributed by atoms with Gasteiger partial charge >= 0.3 is 0 Å². The van der Waals surface area contributed by atoms with Gasteiger partial charge in [-0.3, -0.25) is 4.79 Å². The predicted molar refractivity (Wildman–Crippen MR) is 89.2 cm³/mol. The van der Waals surface area contributed by atoms with Crippen LogP contribution in [0.25, 0.3) is 5.57 Å². The fraction of sp³-hybridized carbons (Fsp3) is 0.118. The lowest BCUT2D eigenvalue weighted by molar-refractivity contribution is -0.113. The molecule has 0 aliphatic carbocycles. The highest BCUT2D eigenvalue weighted by molar-refractivity contribution is 8.04. The average Bonchev–Trinajstić information content (AvgIpc) is 2.84. The molecule has 0 aromatic heterocycles. The highest BCUT2D eigenvalue weighted by Gasteiger charge is 2.35. The van der Waals surface area contributed by atoms with Gasteiger partial charge in [-0.2, -0.15) is 0 Å². The lowest BCUT2D eigenvalue weighted by Gasteiger charge is -2.09. The summed E-state index contributed by atoms with van der Waals surface area (Å²) in [6, 6.07) is 13.4. The Hall–Kier alpha value is -1.78. The lowest BCUT2D eigenvalue weighted by Crippen LogP contribution is -2.07. The largest absolute Gasteiger partial charge is 0.382 e. The van der Waals surface area contributed by atoms with Crippen molar-refractivity contribution in [2.75, 3.05) is 7.05 Å². The lowest BCUT2D eigenvalue weighted by atomic mass is 9.97. The maximum Gasteiger partial charge on any atom is 0.183 e. The van der Waals surface area contributed by atoms with Crippen LogP contribution < -0.4 is 5.32 Å². The molecule has 2 aromatic rings. The minimum absolute atomic E-state index is 0.0396. The Morgan fingerprint density at radius 1 is 1.18 bits per heavy atom. The van der Waals surface area contributed by atoms with Crippen molar-refractivity contribution in [1.29, 1.82) is 0 Å². The molecule has 0 saturated heterocycles. The van der Waals surface area contributed by atoms with Gasteiger partial charge < -0.3 is 5.32 Å². The van der Waals surface area contributed by atoms with E-state index in [9.17, 15) is 9.18 Å². The molecule has 1 N–H and O–H groups in total. The highest BCUT2D eigenvalue weighted by atomic mass is 35.5. The monoisotopic (exact) mass is 333 g/mol. The summed E-state index contributed by atoms with van der Waals surface area (Å²) in [5.41, 5.74) is 2.04. The first-order valence-electron chi connectivity index (χ1n) is 6.74. The Bertz CT molecular complexity index is 775. The summed E-state index contributed by atoms with van der Waals surface area (Å²) in [7, 11) is 1.77. The summed E-state index contributed by atoms with van der Waals surface area (Å²) in [4.78, 5) is 12.8. The van der Waals surface area contributed by atoms with Gasteiger partial charge in [0.05, 0.1) is 15.9 Å². The molecule has 3 rings (SSSR count). The van der Waals surface area contributed by atoms with Gasteiger partial charge in [-0.25, -0.2) is 4.39 Å². The minimum atomic E-state index is -0.438. The number of nitrogens with one attached hydrogen (secondary N) is 1. The molecular formula is C17H13ClFNOS. The number of thioether (sulfide) groups is 1. The zero-order chi connectivity index (χ0) is 15.7. The summed E-state index contributed by atoms with van der Waals surface area (Å²) < 4.78 is 13.4. The van der Waals surface area contributed by atoms with E-state index in [1.807, 2.05) is 12.1 Å². The van der Waals surface area contributed by atoms with Crippen LogP contribution in [-0.2, 0) is 4.79 Å². The number of allylic oxidation sites excluding steroid dienone is 1. The van der Waals surface area contributed by atoms with E-state index in [1.165, 1.54) is 23.9 Å². The van der Waals surface area contributed by atoms with Crippen LogP contribution in [0.5, 0.6) is 0 Å². The van der Waals surface area contributed by atoms with Crippen molar-refractivity contribution in [2.45, 2.75) is 5.25 Å². The second kappa shape index (κ2) is 6.15. The zero-order valence-corrected chi connectivity index (χ0v) is 13.3. The van der Waals surface area contributed by atoms with Gasteiger partial charge in [0.25, 0.3) is 0 Å². The Morgan fingerprint density at radius 2 is 1.95 bits per heavy atom. The van der Waals surface area contributed by atoms with Gasteiger partial charge in [-0.15, -0.1) is 0 Å². The molecule has 0 radical (unpaired) electrons. The van der Waals surface area contributed by atoms with Crippen LogP contribution in [-0.4, -0.2) is 12.8 Å². The van der Waals surface area contributed by atoms with E-state index in [0.717, 1.165) is 10.6 Å². The van der Waals surface area contributed by atoms with Crippen LogP contribution >= 0.6 is 23.4 Å². The molecule has 0 saturated carbocycles. The zero-order valence-electron chi connectivity index (χ0n) is 11.8. The maximum absolute atomic E-state index is 13.4. The van der Waals surface area contributed by atoms with Gasteiger partial charge in [-0.1, -0.05) is 47.6 Å². The van der Waals surface area contributed by atoms with Gasteiger partial charge in [0.2, 0.25) is 0 Å². The van der Waals surface area contributed by atoms with Gasteiger partial charge in [-0.05, 0) is 35.4 Å². The second-order valence-electron chi connectivity index (χ2n) is 4.88. The quantitative estimate of drug-likeness (QED) is 0.901. The molecular weight excluding hydrogens is 321 g/mol. The third-order valence-electron chi connectivity index (χ3n) is 3.44. The van der Waals surface area contributed by atoms with Crippen molar-refractivity contribution in [3.63, 3.8) is 0 Å². The molecule has 112 valence electrons.